The summed E-state index contributed by atoms with van der Waals surface area (Å²) in [6.45, 7) is 5.24. The second kappa shape index (κ2) is 9.03. The molecule has 0 bridgehead atoms. The Hall–Kier alpha value is -2.28. The van der Waals surface area contributed by atoms with Crippen LogP contribution in [0.25, 0.3) is 0 Å². The topological polar surface area (TPSA) is 50.3 Å². The van der Waals surface area contributed by atoms with Crippen LogP contribution in [0.4, 0.5) is 14.7 Å². The number of ether oxygens (including phenoxy) is 1. The van der Waals surface area contributed by atoms with Gasteiger partial charge < -0.3 is 15.0 Å². The molecule has 29 heavy (non-hydrogen) atoms. The van der Waals surface area contributed by atoms with Gasteiger partial charge in [0.1, 0.15) is 6.10 Å². The Bertz CT molecular complexity index is 793. The molecule has 1 N–H and O–H groups in total. The Morgan fingerprint density at radius 1 is 1.03 bits per heavy atom. The quantitative estimate of drug-likeness (QED) is 0.824. The zero-order valence-corrected chi connectivity index (χ0v) is 16.8. The Labute approximate surface area is 170 Å². The van der Waals surface area contributed by atoms with Crippen molar-refractivity contribution >= 4 is 5.95 Å². The first-order chi connectivity index (χ1) is 14.1. The van der Waals surface area contributed by atoms with Gasteiger partial charge in [0.2, 0.25) is 5.95 Å². The van der Waals surface area contributed by atoms with E-state index in [2.05, 4.69) is 27.1 Å². The van der Waals surface area contributed by atoms with Gasteiger partial charge in [0, 0.05) is 38.3 Å². The molecule has 0 saturated carbocycles. The lowest BCUT2D eigenvalue weighted by atomic mass is 9.90. The number of halogens is 2. The third-order valence-corrected chi connectivity index (χ3v) is 5.94. The number of hydrogen-bond acceptors (Lipinski definition) is 5. The molecule has 2 aromatic rings. The molecule has 2 aliphatic rings. The lowest BCUT2D eigenvalue weighted by Gasteiger charge is -2.32. The molecule has 4 rings (SSSR count). The second-order valence-corrected chi connectivity index (χ2v) is 7.89. The average Bonchev–Trinajstić information content (AvgIpc) is 2.77. The number of aromatic nitrogens is 2. The third-order valence-electron chi connectivity index (χ3n) is 5.94. The van der Waals surface area contributed by atoms with E-state index in [0.29, 0.717) is 31.9 Å². The Balaban J connectivity index is 1.37. The van der Waals surface area contributed by atoms with Gasteiger partial charge in [0.25, 0.3) is 0 Å². The molecule has 2 aliphatic heterocycles. The molecule has 2 saturated heterocycles. The lowest BCUT2D eigenvalue weighted by Crippen LogP contribution is -2.39. The fraction of sp³-hybridized carbons (Fsp3) is 0.545. The van der Waals surface area contributed by atoms with E-state index in [1.165, 1.54) is 12.1 Å². The largest absolute Gasteiger partial charge is 0.484 e. The van der Waals surface area contributed by atoms with Crippen molar-refractivity contribution in [3.63, 3.8) is 0 Å². The summed E-state index contributed by atoms with van der Waals surface area (Å²) in [5.74, 6) is -0.537. The smallest absolute Gasteiger partial charge is 0.225 e. The highest BCUT2D eigenvalue weighted by Gasteiger charge is 2.26. The predicted molar refractivity (Wildman–Crippen MR) is 108 cm³/mol. The molecule has 0 aliphatic carbocycles. The van der Waals surface area contributed by atoms with Crippen LogP contribution >= 0.6 is 0 Å². The van der Waals surface area contributed by atoms with E-state index in [9.17, 15) is 8.78 Å². The molecule has 0 atom stereocenters. The van der Waals surface area contributed by atoms with Crippen molar-refractivity contribution in [2.75, 3.05) is 31.1 Å². The van der Waals surface area contributed by atoms with Gasteiger partial charge in [-0.05, 0) is 61.5 Å². The molecule has 5 nitrogen and oxygen atoms in total. The van der Waals surface area contributed by atoms with Crippen molar-refractivity contribution < 1.29 is 13.5 Å². The van der Waals surface area contributed by atoms with E-state index >= 15 is 0 Å². The molecule has 0 radical (unpaired) electrons. The first kappa shape index (κ1) is 20.0. The van der Waals surface area contributed by atoms with E-state index in [4.69, 9.17) is 4.74 Å². The number of benzene rings is 1. The first-order valence-corrected chi connectivity index (χ1v) is 10.6. The van der Waals surface area contributed by atoms with Gasteiger partial charge in [0.05, 0.1) is 0 Å². The summed E-state index contributed by atoms with van der Waals surface area (Å²) in [5.41, 5.74) is 1.84. The van der Waals surface area contributed by atoms with Crippen molar-refractivity contribution in [1.82, 2.24) is 15.3 Å². The van der Waals surface area contributed by atoms with E-state index < -0.39 is 11.6 Å². The summed E-state index contributed by atoms with van der Waals surface area (Å²) in [5, 5.41) is 3.28. The highest BCUT2D eigenvalue weighted by Crippen LogP contribution is 2.32. The molecule has 1 aromatic carbocycles. The molecule has 1 aromatic heterocycles. The van der Waals surface area contributed by atoms with E-state index in [0.717, 1.165) is 43.5 Å². The van der Waals surface area contributed by atoms with Crippen molar-refractivity contribution in [1.29, 1.82) is 0 Å². The normalized spacial score (nSPS) is 18.8. The van der Waals surface area contributed by atoms with Crippen LogP contribution < -0.4 is 15.0 Å². The number of nitrogens with one attached hydrogen (secondary N) is 1. The number of anilines is 1. The van der Waals surface area contributed by atoms with Gasteiger partial charge in [-0.3, -0.25) is 0 Å². The number of nitrogens with zero attached hydrogens (tertiary/aromatic N) is 3. The zero-order chi connectivity index (χ0) is 20.2. The standard InChI is InChI=1S/C22H28F2N4O/c1-2-15-13-26-22(27-14-15)28-9-5-18(6-10-28)29-21-19(23)11-17(12-20(21)24)16-3-7-25-8-4-16/h11-14,16,18,25H,2-10H2,1H3. The van der Waals surface area contributed by atoms with Crippen molar-refractivity contribution in [3.8, 4) is 5.75 Å². The van der Waals surface area contributed by atoms with Crippen LogP contribution in [0, 0.1) is 11.6 Å². The van der Waals surface area contributed by atoms with E-state index in [1.54, 1.807) is 0 Å². The highest BCUT2D eigenvalue weighted by atomic mass is 19.1. The van der Waals surface area contributed by atoms with Gasteiger partial charge >= 0.3 is 0 Å². The van der Waals surface area contributed by atoms with Crippen molar-refractivity contribution in [2.45, 2.75) is 51.0 Å². The molecule has 156 valence electrons. The third kappa shape index (κ3) is 4.66. The Morgan fingerprint density at radius 2 is 1.66 bits per heavy atom. The predicted octanol–water partition coefficient (Wildman–Crippen LogP) is 3.83. The number of piperidine rings is 2. The number of hydrogen-bond donors (Lipinski definition) is 1. The van der Waals surface area contributed by atoms with Gasteiger partial charge in [-0.1, -0.05) is 6.92 Å². The zero-order valence-electron chi connectivity index (χ0n) is 16.8. The van der Waals surface area contributed by atoms with Crippen LogP contribution in [0.3, 0.4) is 0 Å². The molecule has 0 amide bonds. The summed E-state index contributed by atoms with van der Waals surface area (Å²) in [6.07, 6.45) is 7.54. The molecule has 3 heterocycles. The molecule has 0 spiro atoms. The van der Waals surface area contributed by atoms with Crippen LogP contribution in [0.5, 0.6) is 5.75 Å². The summed E-state index contributed by atoms with van der Waals surface area (Å²) in [7, 11) is 0. The number of aryl methyl sites for hydroxylation is 1. The summed E-state index contributed by atoms with van der Waals surface area (Å²) < 4.78 is 35.0. The van der Waals surface area contributed by atoms with Crippen LogP contribution in [-0.4, -0.2) is 42.3 Å². The van der Waals surface area contributed by atoms with E-state index in [1.807, 2.05) is 12.4 Å². The first-order valence-electron chi connectivity index (χ1n) is 10.6. The maximum absolute atomic E-state index is 14.6. The van der Waals surface area contributed by atoms with E-state index in [-0.39, 0.29) is 17.8 Å². The van der Waals surface area contributed by atoms with Crippen LogP contribution in [0.15, 0.2) is 24.5 Å². The summed E-state index contributed by atoms with van der Waals surface area (Å²) in [4.78, 5) is 10.9. The number of rotatable bonds is 5. The lowest BCUT2D eigenvalue weighted by molar-refractivity contribution is 0.156. The Kier molecular flexibility index (Phi) is 6.23. The molecular formula is C22H28F2N4O. The molecule has 2 fully saturated rings. The van der Waals surface area contributed by atoms with Crippen LogP contribution in [-0.2, 0) is 6.42 Å². The van der Waals surface area contributed by atoms with Crippen LogP contribution in [0.1, 0.15) is 49.7 Å². The summed E-state index contributed by atoms with van der Waals surface area (Å²) >= 11 is 0. The molecular weight excluding hydrogens is 374 g/mol. The van der Waals surface area contributed by atoms with Crippen LogP contribution in [0.2, 0.25) is 0 Å². The minimum Gasteiger partial charge on any atom is -0.484 e. The fourth-order valence-corrected chi connectivity index (χ4v) is 4.12. The highest BCUT2D eigenvalue weighted by molar-refractivity contribution is 5.34. The monoisotopic (exact) mass is 402 g/mol. The van der Waals surface area contributed by atoms with Crippen molar-refractivity contribution in [2.24, 2.45) is 0 Å². The van der Waals surface area contributed by atoms with Gasteiger partial charge in [-0.2, -0.15) is 0 Å². The summed E-state index contributed by atoms with van der Waals surface area (Å²) in [6, 6.07) is 2.90. The minimum atomic E-state index is -0.598. The van der Waals surface area contributed by atoms with Crippen molar-refractivity contribution in [3.05, 3.63) is 47.3 Å². The average molecular weight is 402 g/mol. The molecule has 7 heteroatoms. The van der Waals surface area contributed by atoms with Gasteiger partial charge in [0.15, 0.2) is 17.4 Å². The minimum absolute atomic E-state index is 0.205. The fourth-order valence-electron chi connectivity index (χ4n) is 4.12. The SMILES string of the molecule is CCc1cnc(N2CCC(Oc3c(F)cc(C4CCNCC4)cc3F)CC2)nc1. The second-order valence-electron chi connectivity index (χ2n) is 7.89. The Morgan fingerprint density at radius 3 is 2.24 bits per heavy atom. The maximum atomic E-state index is 14.6. The van der Waals surface area contributed by atoms with Gasteiger partial charge in [-0.25, -0.2) is 18.7 Å². The maximum Gasteiger partial charge on any atom is 0.225 e. The molecule has 0 unspecified atom stereocenters. The van der Waals surface area contributed by atoms with Gasteiger partial charge in [-0.15, -0.1) is 0 Å².